The first-order chi connectivity index (χ1) is 13.9. The maximum absolute atomic E-state index is 13.1. The maximum atomic E-state index is 13.1. The van der Waals surface area contributed by atoms with E-state index >= 15 is 0 Å². The van der Waals surface area contributed by atoms with Gasteiger partial charge >= 0.3 is 6.03 Å². The second-order valence-electron chi connectivity index (χ2n) is 8.15. The maximum Gasteiger partial charge on any atom is 0.319 e. The molecule has 2 saturated heterocycles. The number of anilines is 1. The summed E-state index contributed by atoms with van der Waals surface area (Å²) in [6.45, 7) is 2.43. The minimum Gasteiger partial charge on any atom is -0.389 e. The largest absolute Gasteiger partial charge is 0.389 e. The third-order valence-corrected chi connectivity index (χ3v) is 6.04. The van der Waals surface area contributed by atoms with E-state index in [-0.39, 0.29) is 17.8 Å². The lowest BCUT2D eigenvalue weighted by Crippen LogP contribution is -2.61. The van der Waals surface area contributed by atoms with Crippen molar-refractivity contribution in [2.75, 3.05) is 45.2 Å². The predicted octanol–water partition coefficient (Wildman–Crippen LogP) is 2.23. The van der Waals surface area contributed by atoms with Crippen molar-refractivity contribution in [1.29, 1.82) is 0 Å². The number of rotatable bonds is 2. The van der Waals surface area contributed by atoms with Crippen LogP contribution in [0.5, 0.6) is 0 Å². The molecule has 8 heteroatoms. The summed E-state index contributed by atoms with van der Waals surface area (Å²) < 4.78 is 13.1. The van der Waals surface area contributed by atoms with E-state index < -0.39 is 5.60 Å². The van der Waals surface area contributed by atoms with Gasteiger partial charge in [-0.05, 0) is 49.2 Å². The Labute approximate surface area is 169 Å². The Morgan fingerprint density at radius 1 is 1.10 bits per heavy atom. The molecule has 0 radical (unpaired) electrons. The summed E-state index contributed by atoms with van der Waals surface area (Å²) in [5.41, 5.74) is 0.757. The fourth-order valence-electron chi connectivity index (χ4n) is 4.24. The first-order valence-electron chi connectivity index (χ1n) is 9.89. The highest BCUT2D eigenvalue weighted by Gasteiger charge is 2.46. The number of hydrogen-bond acceptors (Lipinski definition) is 5. The van der Waals surface area contributed by atoms with Gasteiger partial charge in [-0.3, -0.25) is 0 Å². The molecule has 0 saturated carbocycles. The zero-order chi connectivity index (χ0) is 20.6. The van der Waals surface area contributed by atoms with E-state index in [1.807, 2.05) is 17.0 Å². The summed E-state index contributed by atoms with van der Waals surface area (Å²) in [5, 5.41) is 19.7. The minimum absolute atomic E-state index is 0.0207. The lowest BCUT2D eigenvalue weighted by atomic mass is 9.75. The zero-order valence-electron chi connectivity index (χ0n) is 16.8. The van der Waals surface area contributed by atoms with Gasteiger partial charge in [0.1, 0.15) is 5.82 Å². The highest BCUT2D eigenvalue weighted by Crippen LogP contribution is 2.37. The van der Waals surface area contributed by atoms with E-state index in [4.69, 9.17) is 0 Å². The summed E-state index contributed by atoms with van der Waals surface area (Å²) in [7, 11) is 3.49. The molecule has 0 spiro atoms. The van der Waals surface area contributed by atoms with Crippen LogP contribution in [-0.4, -0.2) is 77.0 Å². The number of benzene rings is 1. The van der Waals surface area contributed by atoms with Gasteiger partial charge in [0, 0.05) is 51.8 Å². The lowest BCUT2D eigenvalue weighted by Gasteiger charge is -2.50. The molecule has 0 unspecified atom stereocenters. The lowest BCUT2D eigenvalue weighted by molar-refractivity contribution is -0.0761. The van der Waals surface area contributed by atoms with E-state index in [9.17, 15) is 14.3 Å². The van der Waals surface area contributed by atoms with Gasteiger partial charge in [0.25, 0.3) is 0 Å². The molecule has 29 heavy (non-hydrogen) atoms. The van der Waals surface area contributed by atoms with Crippen LogP contribution in [0.2, 0.25) is 0 Å². The predicted molar refractivity (Wildman–Crippen MR) is 108 cm³/mol. The van der Waals surface area contributed by atoms with Crippen LogP contribution in [0, 0.1) is 11.7 Å². The molecule has 1 aromatic carbocycles. The number of amides is 2. The van der Waals surface area contributed by atoms with Gasteiger partial charge in [-0.25, -0.2) is 9.18 Å². The molecule has 2 atom stereocenters. The molecule has 4 rings (SSSR count). The first-order valence-corrected chi connectivity index (χ1v) is 9.89. The standard InChI is InChI=1S/C21H26FN5O2/c1-25(2)20(28)27-12-10-21(29)9-11-26(13-16(21)14-27)19-8-7-18(23-24-19)15-3-5-17(22)6-4-15/h3-8,16,29H,9-14H2,1-2H3/t16-,21-/m0/s1. The van der Waals surface area contributed by atoms with Gasteiger partial charge in [-0.15, -0.1) is 10.2 Å². The summed E-state index contributed by atoms with van der Waals surface area (Å²) in [5.74, 6) is 0.426. The molecule has 1 aromatic heterocycles. The van der Waals surface area contributed by atoms with Crippen LogP contribution in [0.3, 0.4) is 0 Å². The van der Waals surface area contributed by atoms with Crippen LogP contribution in [0.15, 0.2) is 36.4 Å². The van der Waals surface area contributed by atoms with E-state index in [1.54, 1.807) is 31.1 Å². The molecule has 2 aliphatic heterocycles. The highest BCUT2D eigenvalue weighted by molar-refractivity contribution is 5.74. The number of likely N-dealkylation sites (tertiary alicyclic amines) is 1. The van der Waals surface area contributed by atoms with Crippen molar-refractivity contribution < 1.29 is 14.3 Å². The molecule has 2 amide bonds. The Morgan fingerprint density at radius 2 is 1.83 bits per heavy atom. The normalized spacial score (nSPS) is 24.2. The van der Waals surface area contributed by atoms with Crippen molar-refractivity contribution in [2.45, 2.75) is 18.4 Å². The Balaban J connectivity index is 1.47. The Morgan fingerprint density at radius 3 is 2.48 bits per heavy atom. The SMILES string of the molecule is CN(C)C(=O)N1CC[C@@]2(O)CCN(c3ccc(-c4ccc(F)cc4)nn3)C[C@H]2C1. The fraction of sp³-hybridized carbons (Fsp3) is 0.476. The van der Waals surface area contributed by atoms with Crippen LogP contribution in [0.25, 0.3) is 11.3 Å². The Kier molecular flexibility index (Phi) is 5.12. The van der Waals surface area contributed by atoms with E-state index in [0.29, 0.717) is 44.7 Å². The number of carbonyl (C=O) groups is 1. The van der Waals surface area contributed by atoms with Crippen molar-refractivity contribution in [3.63, 3.8) is 0 Å². The molecule has 2 fully saturated rings. The summed E-state index contributed by atoms with van der Waals surface area (Å²) in [6, 6.07) is 9.92. The molecule has 0 aliphatic carbocycles. The molecule has 1 N–H and O–H groups in total. The number of hydrogen-bond donors (Lipinski definition) is 1. The number of urea groups is 1. The van der Waals surface area contributed by atoms with Crippen LogP contribution in [0.4, 0.5) is 15.0 Å². The van der Waals surface area contributed by atoms with Gasteiger partial charge in [0.2, 0.25) is 0 Å². The molecule has 2 aliphatic rings. The average molecular weight is 399 g/mol. The molecule has 7 nitrogen and oxygen atoms in total. The van der Waals surface area contributed by atoms with Crippen LogP contribution >= 0.6 is 0 Å². The number of nitrogens with zero attached hydrogens (tertiary/aromatic N) is 5. The van der Waals surface area contributed by atoms with E-state index in [1.165, 1.54) is 12.1 Å². The van der Waals surface area contributed by atoms with Gasteiger partial charge in [-0.1, -0.05) is 0 Å². The Bertz CT molecular complexity index is 874. The van der Waals surface area contributed by atoms with Crippen molar-refractivity contribution in [2.24, 2.45) is 5.92 Å². The third kappa shape index (κ3) is 3.89. The zero-order valence-corrected chi connectivity index (χ0v) is 16.8. The van der Waals surface area contributed by atoms with Gasteiger partial charge in [0.15, 0.2) is 5.82 Å². The quantitative estimate of drug-likeness (QED) is 0.838. The topological polar surface area (TPSA) is 72.8 Å². The second kappa shape index (κ2) is 7.59. The van der Waals surface area contributed by atoms with Crippen molar-refractivity contribution in [1.82, 2.24) is 20.0 Å². The molecular weight excluding hydrogens is 373 g/mol. The van der Waals surface area contributed by atoms with E-state index in [0.717, 1.165) is 11.4 Å². The number of carbonyl (C=O) groups excluding carboxylic acids is 1. The number of piperidine rings is 2. The van der Waals surface area contributed by atoms with Crippen molar-refractivity contribution >= 4 is 11.8 Å². The van der Waals surface area contributed by atoms with Crippen LogP contribution in [-0.2, 0) is 0 Å². The van der Waals surface area contributed by atoms with Crippen molar-refractivity contribution in [3.05, 3.63) is 42.2 Å². The van der Waals surface area contributed by atoms with Gasteiger partial charge in [0.05, 0.1) is 11.3 Å². The summed E-state index contributed by atoms with van der Waals surface area (Å²) >= 11 is 0. The average Bonchev–Trinajstić information content (AvgIpc) is 2.73. The first kappa shape index (κ1) is 19.6. The van der Waals surface area contributed by atoms with Gasteiger partial charge < -0.3 is 19.8 Å². The number of aliphatic hydroxyl groups is 1. The third-order valence-electron chi connectivity index (χ3n) is 6.04. The highest BCUT2D eigenvalue weighted by atomic mass is 19.1. The summed E-state index contributed by atoms with van der Waals surface area (Å²) in [6.07, 6.45) is 1.24. The molecule has 0 bridgehead atoms. The van der Waals surface area contributed by atoms with Crippen LogP contribution in [0.1, 0.15) is 12.8 Å². The monoisotopic (exact) mass is 399 g/mol. The second-order valence-corrected chi connectivity index (χ2v) is 8.15. The number of halogens is 1. The Hall–Kier alpha value is -2.74. The molecular formula is C21H26FN5O2. The van der Waals surface area contributed by atoms with E-state index in [2.05, 4.69) is 15.1 Å². The number of fused-ring (bicyclic) bond motifs is 1. The summed E-state index contributed by atoms with van der Waals surface area (Å²) in [4.78, 5) is 17.8. The molecule has 3 heterocycles. The number of aromatic nitrogens is 2. The van der Waals surface area contributed by atoms with Gasteiger partial charge in [-0.2, -0.15) is 0 Å². The molecule has 154 valence electrons. The smallest absolute Gasteiger partial charge is 0.319 e. The minimum atomic E-state index is -0.735. The molecule has 2 aromatic rings. The van der Waals surface area contributed by atoms with Crippen molar-refractivity contribution in [3.8, 4) is 11.3 Å². The van der Waals surface area contributed by atoms with Crippen LogP contribution < -0.4 is 4.90 Å². The fourth-order valence-corrected chi connectivity index (χ4v) is 4.24.